The lowest BCUT2D eigenvalue weighted by Crippen LogP contribution is -2.24. The van der Waals surface area contributed by atoms with Crippen LogP contribution in [0.2, 0.25) is 0 Å². The van der Waals surface area contributed by atoms with E-state index in [0.29, 0.717) is 17.8 Å². The Morgan fingerprint density at radius 3 is 2.48 bits per heavy atom. The molecular weight excluding hydrogens is 318 g/mol. The van der Waals surface area contributed by atoms with Crippen LogP contribution >= 0.6 is 0 Å². The quantitative estimate of drug-likeness (QED) is 0.481. The van der Waals surface area contributed by atoms with Crippen molar-refractivity contribution in [3.8, 4) is 6.07 Å². The smallest absolute Gasteiger partial charge is 0.339 e. The highest BCUT2D eigenvalue weighted by Crippen LogP contribution is 2.16. The fourth-order valence-corrected chi connectivity index (χ4v) is 2.07. The number of hydrogen-bond donors (Lipinski definition) is 2. The SMILES string of the molecule is COC(=O)c1ccccc1N/C=C(/C#N)C(=O)NCc1ccccc1. The number of hydrogen-bond acceptors (Lipinski definition) is 5. The Labute approximate surface area is 145 Å². The standard InChI is InChI=1S/C19H17N3O3/c1-25-19(24)16-9-5-6-10-17(16)21-13-15(11-20)18(23)22-12-14-7-3-2-4-8-14/h2-10,13,21H,12H2,1H3,(H,22,23)/b15-13-. The van der Waals surface area contributed by atoms with Gasteiger partial charge in [0.05, 0.1) is 18.4 Å². The predicted octanol–water partition coefficient (Wildman–Crippen LogP) is 2.61. The number of nitrogens with zero attached hydrogens (tertiary/aromatic N) is 1. The first-order valence-electron chi connectivity index (χ1n) is 7.52. The maximum absolute atomic E-state index is 12.1. The number of carbonyl (C=O) groups is 2. The molecule has 0 aliphatic heterocycles. The first-order valence-corrected chi connectivity index (χ1v) is 7.52. The van der Waals surface area contributed by atoms with Crippen LogP contribution in [0.4, 0.5) is 5.69 Å². The highest BCUT2D eigenvalue weighted by molar-refractivity contribution is 5.98. The Kier molecular flexibility index (Phi) is 6.32. The minimum Gasteiger partial charge on any atom is -0.465 e. The topological polar surface area (TPSA) is 91.2 Å². The van der Waals surface area contributed by atoms with Gasteiger partial charge in [0, 0.05) is 12.7 Å². The van der Waals surface area contributed by atoms with E-state index in [2.05, 4.69) is 10.6 Å². The van der Waals surface area contributed by atoms with E-state index >= 15 is 0 Å². The zero-order chi connectivity index (χ0) is 18.1. The van der Waals surface area contributed by atoms with Crippen LogP contribution in [0.1, 0.15) is 15.9 Å². The molecule has 2 aromatic carbocycles. The average Bonchev–Trinajstić information content (AvgIpc) is 2.67. The van der Waals surface area contributed by atoms with Gasteiger partial charge < -0.3 is 15.4 Å². The Balaban J connectivity index is 2.07. The van der Waals surface area contributed by atoms with Gasteiger partial charge in [0.2, 0.25) is 0 Å². The fourth-order valence-electron chi connectivity index (χ4n) is 2.07. The van der Waals surface area contributed by atoms with E-state index < -0.39 is 11.9 Å². The number of anilines is 1. The van der Waals surface area contributed by atoms with Gasteiger partial charge >= 0.3 is 5.97 Å². The van der Waals surface area contributed by atoms with Crippen molar-refractivity contribution in [1.29, 1.82) is 5.26 Å². The van der Waals surface area contributed by atoms with Crippen LogP contribution in [0.3, 0.4) is 0 Å². The van der Waals surface area contributed by atoms with E-state index in [1.807, 2.05) is 36.4 Å². The molecule has 2 N–H and O–H groups in total. The number of rotatable bonds is 6. The van der Waals surface area contributed by atoms with E-state index in [-0.39, 0.29) is 5.57 Å². The second-order valence-corrected chi connectivity index (χ2v) is 5.02. The Morgan fingerprint density at radius 1 is 1.12 bits per heavy atom. The molecule has 1 amide bonds. The van der Waals surface area contributed by atoms with Crippen molar-refractivity contribution < 1.29 is 14.3 Å². The number of ether oxygens (including phenoxy) is 1. The maximum atomic E-state index is 12.1. The number of benzene rings is 2. The zero-order valence-corrected chi connectivity index (χ0v) is 13.7. The van der Waals surface area contributed by atoms with Crippen molar-refractivity contribution in [1.82, 2.24) is 5.32 Å². The number of methoxy groups -OCH3 is 1. The van der Waals surface area contributed by atoms with E-state index in [1.54, 1.807) is 24.3 Å². The van der Waals surface area contributed by atoms with Gasteiger partial charge in [-0.2, -0.15) is 5.26 Å². The van der Waals surface area contributed by atoms with Crippen molar-refractivity contribution in [3.05, 3.63) is 77.5 Å². The number of amides is 1. The number of carbonyl (C=O) groups excluding carboxylic acids is 2. The number of nitriles is 1. The fraction of sp³-hybridized carbons (Fsp3) is 0.105. The van der Waals surface area contributed by atoms with Gasteiger partial charge in [-0.1, -0.05) is 42.5 Å². The minimum absolute atomic E-state index is 0.101. The monoisotopic (exact) mass is 335 g/mol. The van der Waals surface area contributed by atoms with Crippen molar-refractivity contribution in [2.45, 2.75) is 6.54 Å². The first-order chi connectivity index (χ1) is 12.2. The van der Waals surface area contributed by atoms with Crippen molar-refractivity contribution in [2.24, 2.45) is 0 Å². The largest absolute Gasteiger partial charge is 0.465 e. The lowest BCUT2D eigenvalue weighted by molar-refractivity contribution is -0.117. The van der Waals surface area contributed by atoms with Crippen molar-refractivity contribution in [3.63, 3.8) is 0 Å². The minimum atomic E-state index is -0.511. The summed E-state index contributed by atoms with van der Waals surface area (Å²) in [6.07, 6.45) is 1.27. The van der Waals surface area contributed by atoms with Crippen LogP contribution in [-0.4, -0.2) is 19.0 Å². The van der Waals surface area contributed by atoms with Crippen LogP contribution < -0.4 is 10.6 Å². The summed E-state index contributed by atoms with van der Waals surface area (Å²) in [4.78, 5) is 23.8. The van der Waals surface area contributed by atoms with E-state index in [4.69, 9.17) is 4.74 Å². The molecule has 6 nitrogen and oxygen atoms in total. The molecule has 25 heavy (non-hydrogen) atoms. The third-order valence-electron chi connectivity index (χ3n) is 3.37. The van der Waals surface area contributed by atoms with E-state index in [9.17, 15) is 14.9 Å². The predicted molar refractivity (Wildman–Crippen MR) is 93.4 cm³/mol. The first kappa shape index (κ1) is 17.8. The van der Waals surface area contributed by atoms with Crippen molar-refractivity contribution in [2.75, 3.05) is 12.4 Å². The molecule has 0 aliphatic rings. The normalized spacial score (nSPS) is 10.5. The molecular formula is C19H17N3O3. The maximum Gasteiger partial charge on any atom is 0.339 e. The van der Waals surface area contributed by atoms with Crippen LogP contribution in [0.25, 0.3) is 0 Å². The van der Waals surface area contributed by atoms with Gasteiger partial charge in [0.25, 0.3) is 5.91 Å². The van der Waals surface area contributed by atoms with Gasteiger partial charge in [-0.15, -0.1) is 0 Å². The number of esters is 1. The summed E-state index contributed by atoms with van der Waals surface area (Å²) in [5, 5.41) is 14.7. The van der Waals surface area contributed by atoms with Gasteiger partial charge in [-0.25, -0.2) is 4.79 Å². The highest BCUT2D eigenvalue weighted by Gasteiger charge is 2.12. The molecule has 0 radical (unpaired) electrons. The average molecular weight is 335 g/mol. The van der Waals surface area contributed by atoms with Crippen molar-refractivity contribution >= 4 is 17.6 Å². The molecule has 0 fully saturated rings. The van der Waals surface area contributed by atoms with Gasteiger partial charge in [-0.05, 0) is 17.7 Å². The molecule has 0 saturated carbocycles. The highest BCUT2D eigenvalue weighted by atomic mass is 16.5. The molecule has 0 aromatic heterocycles. The molecule has 2 aromatic rings. The summed E-state index contributed by atoms with van der Waals surface area (Å²) < 4.78 is 4.70. The zero-order valence-electron chi connectivity index (χ0n) is 13.7. The molecule has 6 heteroatoms. The van der Waals surface area contributed by atoms with Gasteiger partial charge in [-0.3, -0.25) is 4.79 Å². The van der Waals surface area contributed by atoms with Gasteiger partial charge in [0.1, 0.15) is 11.6 Å². The lowest BCUT2D eigenvalue weighted by Gasteiger charge is -2.08. The summed E-state index contributed by atoms with van der Waals surface area (Å²) in [5.74, 6) is -1.02. The van der Waals surface area contributed by atoms with E-state index in [0.717, 1.165) is 5.56 Å². The molecule has 126 valence electrons. The van der Waals surface area contributed by atoms with Crippen LogP contribution in [0.15, 0.2) is 66.4 Å². The Morgan fingerprint density at radius 2 is 1.80 bits per heavy atom. The molecule has 0 aliphatic carbocycles. The molecule has 0 atom stereocenters. The van der Waals surface area contributed by atoms with Gasteiger partial charge in [0.15, 0.2) is 0 Å². The molecule has 0 spiro atoms. The molecule has 0 bridgehead atoms. The molecule has 0 heterocycles. The second-order valence-electron chi connectivity index (χ2n) is 5.02. The third-order valence-corrected chi connectivity index (χ3v) is 3.37. The summed E-state index contributed by atoms with van der Waals surface area (Å²) in [6.45, 7) is 0.317. The number of nitrogens with one attached hydrogen (secondary N) is 2. The van der Waals surface area contributed by atoms with Crippen LogP contribution in [0, 0.1) is 11.3 Å². The summed E-state index contributed by atoms with van der Waals surface area (Å²) >= 11 is 0. The summed E-state index contributed by atoms with van der Waals surface area (Å²) in [6, 6.07) is 17.9. The second kappa shape index (κ2) is 8.89. The summed E-state index contributed by atoms with van der Waals surface area (Å²) in [5.41, 5.74) is 1.58. The number of para-hydroxylation sites is 1. The third kappa shape index (κ3) is 4.94. The van der Waals surface area contributed by atoms with E-state index in [1.165, 1.54) is 13.3 Å². The molecule has 0 saturated heterocycles. The molecule has 2 rings (SSSR count). The Bertz CT molecular complexity index is 823. The molecule has 0 unspecified atom stereocenters. The van der Waals surface area contributed by atoms with Crippen LogP contribution in [-0.2, 0) is 16.1 Å². The van der Waals surface area contributed by atoms with Crippen LogP contribution in [0.5, 0.6) is 0 Å². The lowest BCUT2D eigenvalue weighted by atomic mass is 10.1. The Hall–Kier alpha value is -3.59. The summed E-state index contributed by atoms with van der Waals surface area (Å²) in [7, 11) is 1.28.